The third-order valence-corrected chi connectivity index (χ3v) is 3.85. The first-order chi connectivity index (χ1) is 9.56. The van der Waals surface area contributed by atoms with Crippen LogP contribution in [-0.2, 0) is 0 Å². The Kier molecular flexibility index (Phi) is 3.06. The van der Waals surface area contributed by atoms with Gasteiger partial charge in [-0.2, -0.15) is 0 Å². The summed E-state index contributed by atoms with van der Waals surface area (Å²) in [4.78, 5) is 14.6. The van der Waals surface area contributed by atoms with Crippen LogP contribution in [0.2, 0.25) is 0 Å². The van der Waals surface area contributed by atoms with Crippen molar-refractivity contribution in [1.82, 2.24) is 4.98 Å². The van der Waals surface area contributed by atoms with Gasteiger partial charge in [-0.05, 0) is 48.0 Å². The Hall–Kier alpha value is -2.14. The number of carbonyl (C=O) groups is 1. The SMILES string of the molecule is NC(=O)c1ccc(Br)c2cc(-c3ccc(F)cc3)[nH]c12. The Morgan fingerprint density at radius 2 is 1.85 bits per heavy atom. The van der Waals surface area contributed by atoms with Crippen molar-refractivity contribution in [2.45, 2.75) is 0 Å². The normalized spacial score (nSPS) is 10.9. The number of aromatic nitrogens is 1. The van der Waals surface area contributed by atoms with Crippen LogP contribution in [0.4, 0.5) is 4.39 Å². The molecule has 0 aliphatic rings. The predicted octanol–water partition coefficient (Wildman–Crippen LogP) is 3.84. The van der Waals surface area contributed by atoms with Crippen LogP contribution < -0.4 is 5.73 Å². The summed E-state index contributed by atoms with van der Waals surface area (Å²) in [5.74, 6) is -0.779. The van der Waals surface area contributed by atoms with Gasteiger partial charge in [0, 0.05) is 15.6 Å². The molecule has 0 spiro atoms. The van der Waals surface area contributed by atoms with Crippen molar-refractivity contribution in [3.8, 4) is 11.3 Å². The number of hydrogen-bond acceptors (Lipinski definition) is 1. The molecule has 3 N–H and O–H groups in total. The average Bonchev–Trinajstić information content (AvgIpc) is 2.85. The van der Waals surface area contributed by atoms with Crippen molar-refractivity contribution >= 4 is 32.7 Å². The molecular weight excluding hydrogens is 323 g/mol. The summed E-state index contributed by atoms with van der Waals surface area (Å²) in [5, 5.41) is 0.862. The predicted molar refractivity (Wildman–Crippen MR) is 79.9 cm³/mol. The number of aromatic amines is 1. The van der Waals surface area contributed by atoms with Crippen molar-refractivity contribution in [2.75, 3.05) is 0 Å². The molecule has 3 aromatic rings. The summed E-state index contributed by atoms with van der Waals surface area (Å²) >= 11 is 3.45. The molecule has 3 nitrogen and oxygen atoms in total. The van der Waals surface area contributed by atoms with Gasteiger partial charge in [0.25, 0.3) is 5.91 Å². The molecule has 0 unspecified atom stereocenters. The number of halogens is 2. The van der Waals surface area contributed by atoms with Gasteiger partial charge in [0.15, 0.2) is 0 Å². The summed E-state index contributed by atoms with van der Waals surface area (Å²) in [6, 6.07) is 11.5. The molecule has 0 saturated heterocycles. The van der Waals surface area contributed by atoms with Crippen LogP contribution in [0.5, 0.6) is 0 Å². The molecule has 0 aliphatic carbocycles. The van der Waals surface area contributed by atoms with Crippen molar-refractivity contribution in [3.05, 3.63) is 58.3 Å². The Morgan fingerprint density at radius 1 is 1.15 bits per heavy atom. The molecule has 5 heteroatoms. The van der Waals surface area contributed by atoms with Gasteiger partial charge in [-0.15, -0.1) is 0 Å². The summed E-state index contributed by atoms with van der Waals surface area (Å²) in [5.41, 5.74) is 8.11. The van der Waals surface area contributed by atoms with E-state index in [0.29, 0.717) is 11.1 Å². The second kappa shape index (κ2) is 4.76. The quantitative estimate of drug-likeness (QED) is 0.736. The largest absolute Gasteiger partial charge is 0.366 e. The fourth-order valence-electron chi connectivity index (χ4n) is 2.18. The number of H-pyrrole nitrogens is 1. The maximum absolute atomic E-state index is 13.0. The highest BCUT2D eigenvalue weighted by atomic mass is 79.9. The van der Waals surface area contributed by atoms with E-state index in [1.807, 2.05) is 6.07 Å². The summed E-state index contributed by atoms with van der Waals surface area (Å²) < 4.78 is 13.8. The third kappa shape index (κ3) is 2.10. The van der Waals surface area contributed by atoms with E-state index in [0.717, 1.165) is 21.1 Å². The minimum Gasteiger partial charge on any atom is -0.366 e. The van der Waals surface area contributed by atoms with E-state index in [1.54, 1.807) is 24.3 Å². The fraction of sp³-hybridized carbons (Fsp3) is 0. The highest BCUT2D eigenvalue weighted by Crippen LogP contribution is 2.31. The fourth-order valence-corrected chi connectivity index (χ4v) is 2.62. The van der Waals surface area contributed by atoms with E-state index < -0.39 is 5.91 Å². The molecule has 1 aromatic heterocycles. The molecule has 0 saturated carbocycles. The second-order valence-electron chi connectivity index (χ2n) is 4.44. The maximum atomic E-state index is 13.0. The van der Waals surface area contributed by atoms with E-state index >= 15 is 0 Å². The van der Waals surface area contributed by atoms with Crippen LogP contribution in [0.1, 0.15) is 10.4 Å². The first-order valence-electron chi connectivity index (χ1n) is 5.93. The van der Waals surface area contributed by atoms with E-state index in [4.69, 9.17) is 5.73 Å². The monoisotopic (exact) mass is 332 g/mol. The zero-order valence-electron chi connectivity index (χ0n) is 10.3. The lowest BCUT2D eigenvalue weighted by Gasteiger charge is -2.00. The summed E-state index contributed by atoms with van der Waals surface area (Å²) in [7, 11) is 0. The Balaban J connectivity index is 2.24. The number of carbonyl (C=O) groups excluding carboxylic acids is 1. The molecule has 1 heterocycles. The standard InChI is InChI=1S/C15H10BrFN2O/c16-12-6-5-10(15(18)20)14-11(12)7-13(19-14)8-1-3-9(17)4-2-8/h1-7,19H,(H2,18,20). The number of nitrogens with two attached hydrogens (primary N) is 1. The molecule has 2 aromatic carbocycles. The van der Waals surface area contributed by atoms with E-state index in [9.17, 15) is 9.18 Å². The van der Waals surface area contributed by atoms with Gasteiger partial charge in [-0.3, -0.25) is 4.79 Å². The van der Waals surface area contributed by atoms with Crippen LogP contribution in [0.3, 0.4) is 0 Å². The van der Waals surface area contributed by atoms with E-state index in [2.05, 4.69) is 20.9 Å². The second-order valence-corrected chi connectivity index (χ2v) is 5.29. The molecule has 100 valence electrons. The number of rotatable bonds is 2. The van der Waals surface area contributed by atoms with E-state index in [-0.39, 0.29) is 5.82 Å². The van der Waals surface area contributed by atoms with Gasteiger partial charge in [0.1, 0.15) is 5.82 Å². The average molecular weight is 333 g/mol. The van der Waals surface area contributed by atoms with Crippen LogP contribution in [0, 0.1) is 5.82 Å². The molecule has 1 amide bonds. The van der Waals surface area contributed by atoms with Crippen molar-refractivity contribution in [2.24, 2.45) is 5.73 Å². The number of benzene rings is 2. The van der Waals surface area contributed by atoms with Crippen LogP contribution in [0.15, 0.2) is 46.9 Å². The zero-order chi connectivity index (χ0) is 14.3. The topological polar surface area (TPSA) is 58.9 Å². The Labute approximate surface area is 122 Å². The molecule has 0 atom stereocenters. The third-order valence-electron chi connectivity index (χ3n) is 3.16. The molecule has 0 aliphatic heterocycles. The first kappa shape index (κ1) is 12.9. The Bertz CT molecular complexity index is 809. The summed E-state index contributed by atoms with van der Waals surface area (Å²) in [6.07, 6.45) is 0. The number of amides is 1. The first-order valence-corrected chi connectivity index (χ1v) is 6.72. The minimum atomic E-state index is -0.491. The van der Waals surface area contributed by atoms with Crippen LogP contribution in [0.25, 0.3) is 22.2 Å². The lowest BCUT2D eigenvalue weighted by Crippen LogP contribution is -2.11. The lowest BCUT2D eigenvalue weighted by atomic mass is 10.1. The van der Waals surface area contributed by atoms with Gasteiger partial charge in [0.05, 0.1) is 11.1 Å². The zero-order valence-corrected chi connectivity index (χ0v) is 11.9. The summed E-state index contributed by atoms with van der Waals surface area (Å²) in [6.45, 7) is 0. The van der Waals surface area contributed by atoms with Gasteiger partial charge in [0.2, 0.25) is 0 Å². The van der Waals surface area contributed by atoms with Crippen molar-refractivity contribution < 1.29 is 9.18 Å². The smallest absolute Gasteiger partial charge is 0.250 e. The number of fused-ring (bicyclic) bond motifs is 1. The molecule has 0 radical (unpaired) electrons. The molecule has 0 fully saturated rings. The van der Waals surface area contributed by atoms with Crippen molar-refractivity contribution in [3.63, 3.8) is 0 Å². The Morgan fingerprint density at radius 3 is 2.50 bits per heavy atom. The lowest BCUT2D eigenvalue weighted by molar-refractivity contribution is 0.100. The van der Waals surface area contributed by atoms with Crippen LogP contribution >= 0.6 is 15.9 Å². The van der Waals surface area contributed by atoms with Crippen LogP contribution in [-0.4, -0.2) is 10.9 Å². The number of hydrogen-bond donors (Lipinski definition) is 2. The maximum Gasteiger partial charge on any atom is 0.250 e. The van der Waals surface area contributed by atoms with Gasteiger partial charge in [-0.25, -0.2) is 4.39 Å². The molecule has 0 bridgehead atoms. The van der Waals surface area contributed by atoms with Gasteiger partial charge in [-0.1, -0.05) is 15.9 Å². The highest BCUT2D eigenvalue weighted by Gasteiger charge is 2.13. The number of nitrogens with one attached hydrogen (secondary N) is 1. The molecule has 20 heavy (non-hydrogen) atoms. The number of primary amides is 1. The molecule has 3 rings (SSSR count). The highest BCUT2D eigenvalue weighted by molar-refractivity contribution is 9.10. The minimum absolute atomic E-state index is 0.288. The molecular formula is C15H10BrFN2O. The van der Waals surface area contributed by atoms with Gasteiger partial charge >= 0.3 is 0 Å². The van der Waals surface area contributed by atoms with Crippen molar-refractivity contribution in [1.29, 1.82) is 0 Å². The van der Waals surface area contributed by atoms with Gasteiger partial charge < -0.3 is 10.7 Å². The van der Waals surface area contributed by atoms with E-state index in [1.165, 1.54) is 12.1 Å².